The Kier molecular flexibility index (Phi) is 6.72. The van der Waals surface area contributed by atoms with Crippen LogP contribution in [0.2, 0.25) is 0 Å². The number of ether oxygens (including phenoxy) is 1. The quantitative estimate of drug-likeness (QED) is 0.772. The number of nitrogens with one attached hydrogen (secondary N) is 1. The SMILES string of the molecule is CCC[C@@H](NC(=O)CCOc1c(C)cccc1C)C(=O)O. The van der Waals surface area contributed by atoms with Gasteiger partial charge in [0.05, 0.1) is 13.0 Å². The number of benzene rings is 1. The minimum absolute atomic E-state index is 0.140. The first-order valence-corrected chi connectivity index (χ1v) is 7.16. The normalized spacial score (nSPS) is 11.8. The molecule has 1 atom stereocenters. The number of carboxylic acid groups (broad SMARTS) is 1. The summed E-state index contributed by atoms with van der Waals surface area (Å²) < 4.78 is 5.63. The van der Waals surface area contributed by atoms with Crippen LogP contribution < -0.4 is 10.1 Å². The number of aryl methyl sites for hydroxylation is 2. The van der Waals surface area contributed by atoms with Crippen molar-refractivity contribution >= 4 is 11.9 Å². The fourth-order valence-electron chi connectivity index (χ4n) is 2.09. The Labute approximate surface area is 125 Å². The molecule has 1 rings (SSSR count). The second kappa shape index (κ2) is 8.29. The molecule has 5 nitrogen and oxygen atoms in total. The molecule has 1 amide bonds. The number of para-hydroxylation sites is 1. The number of hydrogen-bond acceptors (Lipinski definition) is 3. The van der Waals surface area contributed by atoms with E-state index in [-0.39, 0.29) is 18.9 Å². The Morgan fingerprint density at radius 3 is 2.43 bits per heavy atom. The summed E-state index contributed by atoms with van der Waals surface area (Å²) in [5, 5.41) is 11.5. The van der Waals surface area contributed by atoms with Gasteiger partial charge in [-0.3, -0.25) is 4.79 Å². The molecule has 0 bridgehead atoms. The van der Waals surface area contributed by atoms with E-state index >= 15 is 0 Å². The maximum Gasteiger partial charge on any atom is 0.326 e. The van der Waals surface area contributed by atoms with Crippen molar-refractivity contribution in [3.05, 3.63) is 29.3 Å². The van der Waals surface area contributed by atoms with Crippen molar-refractivity contribution < 1.29 is 19.4 Å². The van der Waals surface area contributed by atoms with Crippen molar-refractivity contribution in [3.63, 3.8) is 0 Å². The number of carboxylic acids is 1. The summed E-state index contributed by atoms with van der Waals surface area (Å²) in [5.74, 6) is -0.517. The average molecular weight is 293 g/mol. The second-order valence-electron chi connectivity index (χ2n) is 5.07. The number of carbonyl (C=O) groups excluding carboxylic acids is 1. The molecule has 1 aromatic rings. The van der Waals surface area contributed by atoms with Gasteiger partial charge in [0.15, 0.2) is 0 Å². The molecule has 1 aromatic carbocycles. The van der Waals surface area contributed by atoms with Crippen LogP contribution in [0, 0.1) is 13.8 Å². The summed E-state index contributed by atoms with van der Waals surface area (Å²) in [5.41, 5.74) is 2.04. The molecular weight excluding hydrogens is 270 g/mol. The molecule has 116 valence electrons. The van der Waals surface area contributed by atoms with E-state index in [1.165, 1.54) is 0 Å². The maximum atomic E-state index is 11.7. The third-order valence-electron chi connectivity index (χ3n) is 3.19. The molecule has 0 aromatic heterocycles. The molecule has 0 saturated heterocycles. The number of hydrogen-bond donors (Lipinski definition) is 2. The van der Waals surface area contributed by atoms with E-state index in [1.807, 2.05) is 39.0 Å². The van der Waals surface area contributed by atoms with Gasteiger partial charge in [-0.05, 0) is 31.4 Å². The van der Waals surface area contributed by atoms with Crippen LogP contribution in [0.5, 0.6) is 5.75 Å². The Morgan fingerprint density at radius 1 is 1.29 bits per heavy atom. The zero-order valence-electron chi connectivity index (χ0n) is 12.8. The van der Waals surface area contributed by atoms with Crippen LogP contribution in [0.15, 0.2) is 18.2 Å². The van der Waals surface area contributed by atoms with E-state index in [2.05, 4.69) is 5.32 Å². The van der Waals surface area contributed by atoms with E-state index in [4.69, 9.17) is 9.84 Å². The largest absolute Gasteiger partial charge is 0.493 e. The number of rotatable bonds is 8. The Bertz CT molecular complexity index is 479. The number of aliphatic carboxylic acids is 1. The van der Waals surface area contributed by atoms with Crippen LogP contribution in [0.3, 0.4) is 0 Å². The lowest BCUT2D eigenvalue weighted by Gasteiger charge is -2.15. The molecule has 0 aliphatic carbocycles. The monoisotopic (exact) mass is 293 g/mol. The summed E-state index contributed by atoms with van der Waals surface area (Å²) in [6, 6.07) is 5.03. The zero-order valence-corrected chi connectivity index (χ0v) is 12.8. The van der Waals surface area contributed by atoms with Gasteiger partial charge in [-0.2, -0.15) is 0 Å². The van der Waals surface area contributed by atoms with Crippen molar-refractivity contribution in [2.45, 2.75) is 46.1 Å². The summed E-state index contributed by atoms with van der Waals surface area (Å²) in [6.45, 7) is 6.01. The Balaban J connectivity index is 2.45. The van der Waals surface area contributed by atoms with Gasteiger partial charge in [0.1, 0.15) is 11.8 Å². The van der Waals surface area contributed by atoms with Crippen molar-refractivity contribution in [2.75, 3.05) is 6.61 Å². The number of carbonyl (C=O) groups is 2. The highest BCUT2D eigenvalue weighted by Crippen LogP contribution is 2.22. The Hall–Kier alpha value is -2.04. The third kappa shape index (κ3) is 5.45. The van der Waals surface area contributed by atoms with Crippen LogP contribution in [-0.4, -0.2) is 29.6 Å². The van der Waals surface area contributed by atoms with Crippen molar-refractivity contribution in [1.82, 2.24) is 5.32 Å². The maximum absolute atomic E-state index is 11.7. The summed E-state index contributed by atoms with van der Waals surface area (Å²) in [6.07, 6.45) is 1.27. The van der Waals surface area contributed by atoms with Gasteiger partial charge in [-0.1, -0.05) is 31.5 Å². The smallest absolute Gasteiger partial charge is 0.326 e. The summed E-state index contributed by atoms with van der Waals surface area (Å²) >= 11 is 0. The minimum atomic E-state index is -0.999. The lowest BCUT2D eigenvalue weighted by molar-refractivity contribution is -0.142. The highest BCUT2D eigenvalue weighted by molar-refractivity contribution is 5.83. The van der Waals surface area contributed by atoms with Gasteiger partial charge < -0.3 is 15.2 Å². The molecule has 0 spiro atoms. The lowest BCUT2D eigenvalue weighted by Crippen LogP contribution is -2.41. The highest BCUT2D eigenvalue weighted by atomic mass is 16.5. The fourth-order valence-corrected chi connectivity index (χ4v) is 2.09. The predicted octanol–water partition coefficient (Wildman–Crippen LogP) is 2.44. The fraction of sp³-hybridized carbons (Fsp3) is 0.500. The highest BCUT2D eigenvalue weighted by Gasteiger charge is 2.18. The molecule has 0 fully saturated rings. The second-order valence-corrected chi connectivity index (χ2v) is 5.07. The van der Waals surface area contributed by atoms with E-state index in [0.29, 0.717) is 12.8 Å². The van der Waals surface area contributed by atoms with E-state index < -0.39 is 12.0 Å². The minimum Gasteiger partial charge on any atom is -0.493 e. The predicted molar refractivity (Wildman–Crippen MR) is 80.5 cm³/mol. The van der Waals surface area contributed by atoms with Gasteiger partial charge in [0.2, 0.25) is 5.91 Å². The van der Waals surface area contributed by atoms with Gasteiger partial charge in [0, 0.05) is 0 Å². The zero-order chi connectivity index (χ0) is 15.8. The van der Waals surface area contributed by atoms with Crippen molar-refractivity contribution in [1.29, 1.82) is 0 Å². The van der Waals surface area contributed by atoms with Crippen LogP contribution in [0.1, 0.15) is 37.3 Å². The molecule has 0 saturated carbocycles. The molecule has 5 heteroatoms. The first-order chi connectivity index (χ1) is 9.95. The van der Waals surface area contributed by atoms with Gasteiger partial charge in [0.25, 0.3) is 0 Å². The van der Waals surface area contributed by atoms with Crippen molar-refractivity contribution in [3.8, 4) is 5.75 Å². The molecule has 0 aliphatic heterocycles. The average Bonchev–Trinajstić information content (AvgIpc) is 2.41. The molecular formula is C16H23NO4. The van der Waals surface area contributed by atoms with Gasteiger partial charge in [-0.15, -0.1) is 0 Å². The molecule has 0 radical (unpaired) electrons. The molecule has 2 N–H and O–H groups in total. The van der Waals surface area contributed by atoms with Crippen LogP contribution >= 0.6 is 0 Å². The van der Waals surface area contributed by atoms with E-state index in [1.54, 1.807) is 0 Å². The van der Waals surface area contributed by atoms with Crippen LogP contribution in [0.4, 0.5) is 0 Å². The third-order valence-corrected chi connectivity index (χ3v) is 3.19. The molecule has 0 heterocycles. The summed E-state index contributed by atoms with van der Waals surface area (Å²) in [4.78, 5) is 22.7. The lowest BCUT2D eigenvalue weighted by atomic mass is 10.1. The Morgan fingerprint density at radius 2 is 1.90 bits per heavy atom. The molecule has 21 heavy (non-hydrogen) atoms. The molecule has 0 aliphatic rings. The standard InChI is InChI=1S/C16H23NO4/c1-4-6-13(16(19)20)17-14(18)9-10-21-15-11(2)7-5-8-12(15)3/h5,7-8,13H,4,6,9-10H2,1-3H3,(H,17,18)(H,19,20)/t13-/m1/s1. The molecule has 0 unspecified atom stereocenters. The van der Waals surface area contributed by atoms with Gasteiger partial charge >= 0.3 is 5.97 Å². The van der Waals surface area contributed by atoms with E-state index in [9.17, 15) is 9.59 Å². The number of amides is 1. The van der Waals surface area contributed by atoms with Crippen LogP contribution in [-0.2, 0) is 9.59 Å². The van der Waals surface area contributed by atoms with E-state index in [0.717, 1.165) is 16.9 Å². The van der Waals surface area contributed by atoms with Crippen LogP contribution in [0.25, 0.3) is 0 Å². The van der Waals surface area contributed by atoms with Crippen molar-refractivity contribution in [2.24, 2.45) is 0 Å². The first kappa shape index (κ1) is 17.0. The van der Waals surface area contributed by atoms with Gasteiger partial charge in [-0.25, -0.2) is 4.79 Å². The first-order valence-electron chi connectivity index (χ1n) is 7.16. The summed E-state index contributed by atoms with van der Waals surface area (Å²) in [7, 11) is 0. The topological polar surface area (TPSA) is 75.6 Å².